The predicted octanol–water partition coefficient (Wildman–Crippen LogP) is 4.72. The van der Waals surface area contributed by atoms with Gasteiger partial charge in [0.05, 0.1) is 0 Å². The van der Waals surface area contributed by atoms with Crippen LogP contribution < -0.4 is 0 Å². The SMILES string of the molecule is C=C[Si](CC)(CC)O[Si](CC)(CC)CC. The van der Waals surface area contributed by atoms with Crippen molar-refractivity contribution in [3.8, 4) is 0 Å². The summed E-state index contributed by atoms with van der Waals surface area (Å²) in [5, 5.41) is 0. The van der Waals surface area contributed by atoms with Crippen molar-refractivity contribution in [2.24, 2.45) is 0 Å². The van der Waals surface area contributed by atoms with E-state index >= 15 is 0 Å². The number of hydrogen-bond donors (Lipinski definition) is 0. The van der Waals surface area contributed by atoms with Crippen LogP contribution >= 0.6 is 0 Å². The van der Waals surface area contributed by atoms with Crippen molar-refractivity contribution in [1.82, 2.24) is 0 Å². The third-order valence-corrected chi connectivity index (χ3v) is 14.3. The Morgan fingerprint density at radius 1 is 0.867 bits per heavy atom. The first kappa shape index (κ1) is 15.1. The molecule has 0 aromatic heterocycles. The van der Waals surface area contributed by atoms with Gasteiger partial charge < -0.3 is 4.12 Å². The van der Waals surface area contributed by atoms with E-state index in [1.165, 1.54) is 30.2 Å². The van der Waals surface area contributed by atoms with E-state index in [0.29, 0.717) is 0 Å². The molecule has 0 spiro atoms. The molecule has 0 bridgehead atoms. The summed E-state index contributed by atoms with van der Waals surface area (Å²) in [6, 6.07) is 6.12. The zero-order chi connectivity index (χ0) is 11.9. The molecule has 0 heterocycles. The highest BCUT2D eigenvalue weighted by atomic mass is 28.4. The number of rotatable bonds is 8. The molecular formula is C12H28OSi2. The van der Waals surface area contributed by atoms with Crippen LogP contribution in [0.5, 0.6) is 0 Å². The standard InChI is InChI=1S/C12H28OSi2/c1-7-14(8-2,9-3)13-15(10-4,11-5)12-6/h7H,1,8-12H2,2-6H3. The zero-order valence-corrected chi connectivity index (χ0v) is 13.2. The fourth-order valence-corrected chi connectivity index (χ4v) is 11.4. The van der Waals surface area contributed by atoms with Gasteiger partial charge in [-0.05, 0) is 30.2 Å². The first-order valence-corrected chi connectivity index (χ1v) is 11.3. The lowest BCUT2D eigenvalue weighted by atomic mass is 10.9. The second-order valence-corrected chi connectivity index (χ2v) is 13.6. The van der Waals surface area contributed by atoms with Crippen molar-refractivity contribution < 1.29 is 4.12 Å². The van der Waals surface area contributed by atoms with Gasteiger partial charge in [-0.1, -0.05) is 40.3 Å². The van der Waals surface area contributed by atoms with Gasteiger partial charge >= 0.3 is 0 Å². The van der Waals surface area contributed by atoms with E-state index in [-0.39, 0.29) is 0 Å². The molecule has 0 saturated heterocycles. The molecule has 0 aliphatic rings. The van der Waals surface area contributed by atoms with Gasteiger partial charge in [-0.15, -0.1) is 6.58 Å². The van der Waals surface area contributed by atoms with E-state index in [9.17, 15) is 0 Å². The zero-order valence-electron chi connectivity index (χ0n) is 11.2. The lowest BCUT2D eigenvalue weighted by Crippen LogP contribution is -2.49. The highest BCUT2D eigenvalue weighted by molar-refractivity contribution is 6.89. The van der Waals surface area contributed by atoms with Gasteiger partial charge in [0, 0.05) is 0 Å². The van der Waals surface area contributed by atoms with Crippen molar-refractivity contribution >= 4 is 16.6 Å². The average molecular weight is 245 g/mol. The molecule has 0 radical (unpaired) electrons. The van der Waals surface area contributed by atoms with Gasteiger partial charge in [0.2, 0.25) is 8.32 Å². The highest BCUT2D eigenvalue weighted by Crippen LogP contribution is 2.30. The van der Waals surface area contributed by atoms with Crippen molar-refractivity contribution in [2.75, 3.05) is 0 Å². The van der Waals surface area contributed by atoms with E-state index in [4.69, 9.17) is 4.12 Å². The summed E-state index contributed by atoms with van der Waals surface area (Å²) in [7, 11) is -3.02. The molecule has 0 aliphatic heterocycles. The maximum Gasteiger partial charge on any atom is 0.203 e. The molecule has 0 rings (SSSR count). The third kappa shape index (κ3) is 3.57. The Morgan fingerprint density at radius 3 is 1.47 bits per heavy atom. The quantitative estimate of drug-likeness (QED) is 0.561. The monoisotopic (exact) mass is 244 g/mol. The molecule has 0 fully saturated rings. The van der Waals surface area contributed by atoms with Crippen LogP contribution in [0.1, 0.15) is 34.6 Å². The fraction of sp³-hybridized carbons (Fsp3) is 0.833. The van der Waals surface area contributed by atoms with Crippen LogP contribution in [0, 0.1) is 0 Å². The summed E-state index contributed by atoms with van der Waals surface area (Å²) in [5.41, 5.74) is 2.16. The van der Waals surface area contributed by atoms with Crippen molar-refractivity contribution in [2.45, 2.75) is 64.8 Å². The lowest BCUT2D eigenvalue weighted by molar-refractivity contribution is 0.523. The first-order valence-electron chi connectivity index (χ1n) is 6.41. The molecular weight excluding hydrogens is 216 g/mol. The van der Waals surface area contributed by atoms with Crippen molar-refractivity contribution in [3.63, 3.8) is 0 Å². The molecule has 0 aliphatic carbocycles. The van der Waals surface area contributed by atoms with Crippen molar-refractivity contribution in [1.29, 1.82) is 0 Å². The maximum absolute atomic E-state index is 6.68. The van der Waals surface area contributed by atoms with Gasteiger partial charge in [-0.25, -0.2) is 0 Å². The topological polar surface area (TPSA) is 9.23 Å². The Balaban J connectivity index is 4.82. The Morgan fingerprint density at radius 2 is 1.27 bits per heavy atom. The second kappa shape index (κ2) is 6.66. The van der Waals surface area contributed by atoms with E-state index in [2.05, 4.69) is 46.9 Å². The summed E-state index contributed by atoms with van der Waals surface area (Å²) in [4.78, 5) is 0. The molecule has 0 unspecified atom stereocenters. The molecule has 15 heavy (non-hydrogen) atoms. The van der Waals surface area contributed by atoms with Gasteiger partial charge in [0.1, 0.15) is 0 Å². The Hall–Kier alpha value is 0.134. The molecule has 0 aromatic rings. The molecule has 90 valence electrons. The molecule has 0 aromatic carbocycles. The molecule has 0 N–H and O–H groups in total. The van der Waals surface area contributed by atoms with Crippen LogP contribution in [0.3, 0.4) is 0 Å². The van der Waals surface area contributed by atoms with Crippen LogP contribution in [0.4, 0.5) is 0 Å². The number of hydrogen-bond acceptors (Lipinski definition) is 1. The minimum absolute atomic E-state index is 1.18. The van der Waals surface area contributed by atoms with E-state index in [1.807, 2.05) is 0 Å². The average Bonchev–Trinajstić information content (AvgIpc) is 2.33. The summed E-state index contributed by atoms with van der Waals surface area (Å²) in [6.07, 6.45) is 0. The molecule has 3 heteroatoms. The smallest absolute Gasteiger partial charge is 0.203 e. The van der Waals surface area contributed by atoms with Gasteiger partial charge in [0.15, 0.2) is 8.32 Å². The summed E-state index contributed by atoms with van der Waals surface area (Å²) in [6.45, 7) is 15.4. The van der Waals surface area contributed by atoms with Gasteiger partial charge in [0.25, 0.3) is 0 Å². The largest absolute Gasteiger partial charge is 0.452 e. The summed E-state index contributed by atoms with van der Waals surface area (Å²) < 4.78 is 6.68. The second-order valence-electron chi connectivity index (χ2n) is 4.32. The van der Waals surface area contributed by atoms with Gasteiger partial charge in [-0.3, -0.25) is 0 Å². The molecule has 1 nitrogen and oxygen atoms in total. The van der Waals surface area contributed by atoms with Crippen LogP contribution in [-0.4, -0.2) is 16.6 Å². The molecule has 0 amide bonds. The fourth-order valence-electron chi connectivity index (χ4n) is 2.12. The van der Waals surface area contributed by atoms with Crippen LogP contribution in [0.2, 0.25) is 30.2 Å². The van der Waals surface area contributed by atoms with Crippen molar-refractivity contribution in [3.05, 3.63) is 12.3 Å². The third-order valence-electron chi connectivity index (χ3n) is 3.92. The summed E-state index contributed by atoms with van der Waals surface area (Å²) >= 11 is 0. The van der Waals surface area contributed by atoms with Crippen LogP contribution in [0.25, 0.3) is 0 Å². The van der Waals surface area contributed by atoms with Crippen LogP contribution in [0.15, 0.2) is 12.3 Å². The molecule has 0 saturated carbocycles. The first-order chi connectivity index (χ1) is 7.07. The maximum atomic E-state index is 6.68. The highest BCUT2D eigenvalue weighted by Gasteiger charge is 2.38. The van der Waals surface area contributed by atoms with E-state index < -0.39 is 16.6 Å². The Kier molecular flexibility index (Phi) is 6.72. The Bertz CT molecular complexity index is 176. The van der Waals surface area contributed by atoms with E-state index in [0.717, 1.165) is 0 Å². The lowest BCUT2D eigenvalue weighted by Gasteiger charge is -2.38. The Labute approximate surface area is 98.2 Å². The minimum atomic E-state index is -1.59. The normalized spacial score (nSPS) is 12.9. The van der Waals surface area contributed by atoms with E-state index in [1.54, 1.807) is 0 Å². The minimum Gasteiger partial charge on any atom is -0.452 e. The molecule has 0 atom stereocenters. The van der Waals surface area contributed by atoms with Crippen LogP contribution in [-0.2, 0) is 4.12 Å². The predicted molar refractivity (Wildman–Crippen MR) is 75.2 cm³/mol. The van der Waals surface area contributed by atoms with Gasteiger partial charge in [-0.2, -0.15) is 0 Å². The summed E-state index contributed by atoms with van der Waals surface area (Å²) in [5.74, 6) is 0.